The molecule has 7 aromatic rings. The van der Waals surface area contributed by atoms with Crippen molar-refractivity contribution < 1.29 is 33.3 Å². The van der Waals surface area contributed by atoms with Crippen molar-refractivity contribution in [2.24, 2.45) is 21.7 Å². The van der Waals surface area contributed by atoms with Gasteiger partial charge in [0.2, 0.25) is 11.8 Å². The zero-order chi connectivity index (χ0) is 56.6. The van der Waals surface area contributed by atoms with Gasteiger partial charge in [0.05, 0.1) is 48.2 Å². The van der Waals surface area contributed by atoms with Crippen molar-refractivity contribution in [3.63, 3.8) is 0 Å². The van der Waals surface area contributed by atoms with Gasteiger partial charge in [-0.1, -0.05) is 62.4 Å². The summed E-state index contributed by atoms with van der Waals surface area (Å²) >= 11 is 0. The third-order valence-corrected chi connectivity index (χ3v) is 16.3. The number of aromatic amines is 1. The Hall–Kier alpha value is -8.29. The lowest BCUT2D eigenvalue weighted by Gasteiger charge is -2.34. The van der Waals surface area contributed by atoms with Crippen LogP contribution in [0.15, 0.2) is 102 Å². The van der Waals surface area contributed by atoms with E-state index in [9.17, 15) is 14.7 Å². The number of carbonyl (C=O) groups excluding carboxylic acids is 2. The molecule has 2 amide bonds. The zero-order valence-corrected chi connectivity index (χ0v) is 46.6. The number of hydrogen-bond acceptors (Lipinski definition) is 15. The van der Waals surface area contributed by atoms with Gasteiger partial charge in [-0.15, -0.1) is 0 Å². The molecule has 420 valence electrons. The van der Waals surface area contributed by atoms with Crippen LogP contribution in [0, 0.1) is 25.6 Å². The van der Waals surface area contributed by atoms with Crippen LogP contribution in [-0.4, -0.2) is 129 Å². The number of nitrogens with two attached hydrogens (primary N) is 1. The largest absolute Gasteiger partial charge is 0.486 e. The molecule has 6 heterocycles. The second kappa shape index (κ2) is 23.1. The maximum atomic E-state index is 16.1. The monoisotopic (exact) mass is 1100 g/mol. The summed E-state index contributed by atoms with van der Waals surface area (Å²) in [5.74, 6) is 0.135. The standard InChI is InChI=1S/C62H69FN12O6/c1-34(2)57(61(78)73-22-8-9-53(73)60(77)69-52(31-76)42-18-16-39(17-19-42)45-20-21-66-26-35(45)3)75(65-6)30-50(64)41-12-10-38(11-13-41)33-80-58-55(54-37(5)49(63)25-51-48(54)28-68-72-51)46(40-14-15-40)24-47-56(58)70-62(81-32-36(4)79-7)71-59(47)74-29-43-23-44(74)27-67-43/h10-13,16-21,24-28,30,34,36,40,43-44,52-53,57,76H,6,8-9,14-15,22-23,29,31-33,64H2,1-5,7H3,(H,68,72)(H,69,77)/b50-30-/t36-,43-,44-,52-,53-,57-/m0/s1. The van der Waals surface area contributed by atoms with E-state index in [4.69, 9.17) is 34.9 Å². The quantitative estimate of drug-likeness (QED) is 0.0390. The van der Waals surface area contributed by atoms with E-state index >= 15 is 4.39 Å². The van der Waals surface area contributed by atoms with Crippen LogP contribution in [0.5, 0.6) is 11.8 Å². The number of rotatable bonds is 21. The fourth-order valence-corrected chi connectivity index (χ4v) is 11.7. The Balaban J connectivity index is 0.863. The van der Waals surface area contributed by atoms with Gasteiger partial charge in [-0.2, -0.15) is 20.2 Å². The molecule has 2 saturated heterocycles. The maximum absolute atomic E-state index is 16.1. The van der Waals surface area contributed by atoms with Gasteiger partial charge in [0.15, 0.2) is 5.75 Å². The molecule has 2 bridgehead atoms. The molecule has 81 heavy (non-hydrogen) atoms. The van der Waals surface area contributed by atoms with Crippen molar-refractivity contribution in [3.8, 4) is 34.0 Å². The number of ether oxygens (including phenoxy) is 3. The summed E-state index contributed by atoms with van der Waals surface area (Å²) in [6.07, 6.45) is 12.6. The SMILES string of the molecule is C=NN(/C=C(\N)c1ccc(COc2c(-c3c(C)c(F)cc4[nH]ncc34)c(C3CC3)cc3c(N4C[C@@H]5C[C@H]4C=N5)nc(OC[C@H](C)OC)nc23)cc1)[C@H](C(=O)N1CCC[C@H]1C(=O)N[C@@H](CO)c1ccc(-c2ccncc2C)cc1)C(C)C. The highest BCUT2D eigenvalue weighted by Gasteiger charge is 2.42. The third kappa shape index (κ3) is 10.9. The number of aryl methyl sites for hydroxylation is 1. The van der Waals surface area contributed by atoms with Crippen molar-refractivity contribution in [1.29, 1.82) is 0 Å². The van der Waals surface area contributed by atoms with Gasteiger partial charge in [-0.3, -0.25) is 29.7 Å². The molecular formula is C62H69FN12O6. The van der Waals surface area contributed by atoms with Crippen LogP contribution in [0.1, 0.15) is 98.2 Å². The average Bonchev–Trinajstić information content (AvgIpc) is 4.04. The van der Waals surface area contributed by atoms with Crippen LogP contribution in [0.2, 0.25) is 0 Å². The number of carbonyl (C=O) groups is 2. The normalized spacial score (nSPS) is 18.9. The van der Waals surface area contributed by atoms with Crippen LogP contribution >= 0.6 is 0 Å². The summed E-state index contributed by atoms with van der Waals surface area (Å²) in [5.41, 5.74) is 16.5. The Kier molecular flexibility index (Phi) is 15.6. The highest BCUT2D eigenvalue weighted by Crippen LogP contribution is 2.53. The van der Waals surface area contributed by atoms with E-state index in [-0.39, 0.29) is 73.5 Å². The maximum Gasteiger partial charge on any atom is 0.319 e. The van der Waals surface area contributed by atoms with Crippen LogP contribution in [0.3, 0.4) is 0 Å². The number of hydrazone groups is 1. The first kappa shape index (κ1) is 54.7. The lowest BCUT2D eigenvalue weighted by atomic mass is 9.88. The predicted octanol–water partition coefficient (Wildman–Crippen LogP) is 8.93. The summed E-state index contributed by atoms with van der Waals surface area (Å²) in [4.78, 5) is 51.7. The molecule has 3 aliphatic heterocycles. The third-order valence-electron chi connectivity index (χ3n) is 16.3. The van der Waals surface area contributed by atoms with Gasteiger partial charge in [0.25, 0.3) is 0 Å². The van der Waals surface area contributed by atoms with Gasteiger partial charge in [-0.05, 0) is 127 Å². The Morgan fingerprint density at radius 3 is 2.48 bits per heavy atom. The van der Waals surface area contributed by atoms with Crippen LogP contribution < -0.4 is 25.4 Å². The van der Waals surface area contributed by atoms with Crippen molar-refractivity contribution >= 4 is 58.1 Å². The molecule has 0 spiro atoms. The number of likely N-dealkylation sites (tertiary alicyclic amines) is 1. The number of aliphatic hydroxyl groups excluding tert-OH is 1. The minimum absolute atomic E-state index is 0.0655. The topological polar surface area (TPSA) is 222 Å². The molecule has 0 unspecified atom stereocenters. The number of benzene rings is 4. The molecule has 1 saturated carbocycles. The number of amides is 2. The second-order valence-electron chi connectivity index (χ2n) is 22.2. The molecule has 4 aromatic carbocycles. The second-order valence-corrected chi connectivity index (χ2v) is 22.2. The molecule has 3 aromatic heterocycles. The summed E-state index contributed by atoms with van der Waals surface area (Å²) in [5, 5.41) is 28.2. The minimum atomic E-state index is -0.840. The number of H-pyrrole nitrogens is 1. The summed E-state index contributed by atoms with van der Waals surface area (Å²) in [6.45, 7) is 14.4. The van der Waals surface area contributed by atoms with Gasteiger partial charge in [0, 0.05) is 73.6 Å². The smallest absolute Gasteiger partial charge is 0.319 e. The van der Waals surface area contributed by atoms with E-state index in [1.807, 2.05) is 94.7 Å². The summed E-state index contributed by atoms with van der Waals surface area (Å²) in [7, 11) is 1.63. The summed E-state index contributed by atoms with van der Waals surface area (Å²) < 4.78 is 35.0. The minimum Gasteiger partial charge on any atom is -0.486 e. The number of anilines is 1. The fraction of sp³-hybridized carbons (Fsp3) is 0.387. The van der Waals surface area contributed by atoms with Crippen molar-refractivity contribution in [1.82, 2.24) is 40.4 Å². The highest BCUT2D eigenvalue weighted by atomic mass is 19.1. The first-order chi connectivity index (χ1) is 39.2. The number of hydrogen-bond donors (Lipinski definition) is 4. The van der Waals surface area contributed by atoms with Crippen LogP contribution in [0.25, 0.3) is 49.8 Å². The molecule has 18 nitrogen and oxygen atoms in total. The zero-order valence-electron chi connectivity index (χ0n) is 46.6. The van der Waals surface area contributed by atoms with E-state index in [2.05, 4.69) is 43.3 Å². The number of methoxy groups -OCH3 is 1. The first-order valence-electron chi connectivity index (χ1n) is 27.9. The molecule has 11 rings (SSSR count). The average molecular weight is 1100 g/mol. The summed E-state index contributed by atoms with van der Waals surface area (Å²) in [6, 6.07) is 19.0. The molecule has 4 aliphatic rings. The predicted molar refractivity (Wildman–Crippen MR) is 311 cm³/mol. The molecule has 5 N–H and O–H groups in total. The van der Waals surface area contributed by atoms with Gasteiger partial charge < -0.3 is 40.2 Å². The van der Waals surface area contributed by atoms with E-state index in [1.165, 1.54) is 11.1 Å². The highest BCUT2D eigenvalue weighted by molar-refractivity contribution is 6.06. The van der Waals surface area contributed by atoms with E-state index in [0.717, 1.165) is 74.8 Å². The van der Waals surface area contributed by atoms with Gasteiger partial charge in [-0.25, -0.2) is 4.39 Å². The van der Waals surface area contributed by atoms with E-state index < -0.39 is 18.1 Å². The lowest BCUT2D eigenvalue weighted by molar-refractivity contribution is -0.143. The number of fused-ring (bicyclic) bond motifs is 4. The van der Waals surface area contributed by atoms with Gasteiger partial charge >= 0.3 is 6.01 Å². The number of halogens is 1. The Bertz CT molecular complexity index is 3570. The number of aromatic nitrogens is 5. The van der Waals surface area contributed by atoms with Crippen LogP contribution in [0.4, 0.5) is 10.2 Å². The van der Waals surface area contributed by atoms with E-state index in [0.29, 0.717) is 65.1 Å². The molecular weight excluding hydrogens is 1030 g/mol. The van der Waals surface area contributed by atoms with Crippen LogP contribution in [-0.2, 0) is 20.9 Å². The van der Waals surface area contributed by atoms with Gasteiger partial charge in [0.1, 0.15) is 42.4 Å². The van der Waals surface area contributed by atoms with Crippen molar-refractivity contribution in [2.75, 3.05) is 38.3 Å². The Morgan fingerprint density at radius 2 is 1.80 bits per heavy atom. The molecule has 6 atom stereocenters. The number of aliphatic imine (C=N–C) groups is 1. The van der Waals surface area contributed by atoms with Crippen molar-refractivity contribution in [3.05, 3.63) is 131 Å². The first-order valence-corrected chi connectivity index (χ1v) is 27.9. The number of pyridine rings is 1. The van der Waals surface area contributed by atoms with E-state index in [1.54, 1.807) is 37.5 Å². The van der Waals surface area contributed by atoms with Crippen molar-refractivity contribution in [2.45, 2.75) is 116 Å². The Morgan fingerprint density at radius 1 is 1.01 bits per heavy atom. The molecule has 19 heteroatoms. The number of aliphatic hydroxyl groups is 1. The Labute approximate surface area is 470 Å². The number of nitrogens with zero attached hydrogens (tertiary/aromatic N) is 9. The fourth-order valence-electron chi connectivity index (χ4n) is 11.7. The molecule has 1 aliphatic carbocycles. The lowest BCUT2D eigenvalue weighted by Crippen LogP contribution is -2.53. The molecule has 3 fully saturated rings. The number of nitrogens with one attached hydrogen (secondary N) is 2. The molecule has 0 radical (unpaired) electrons.